The molecule has 0 amide bonds. The van der Waals surface area contributed by atoms with E-state index in [9.17, 15) is 12.8 Å². The molecule has 0 aromatic heterocycles. The number of benzene rings is 1. The Morgan fingerprint density at radius 1 is 1.44 bits per heavy atom. The number of hydrogen-bond donors (Lipinski definition) is 2. The van der Waals surface area contributed by atoms with E-state index in [1.165, 1.54) is 18.2 Å². The second-order valence-electron chi connectivity index (χ2n) is 3.61. The highest BCUT2D eigenvalue weighted by Crippen LogP contribution is 2.23. The quantitative estimate of drug-likeness (QED) is 0.762. The summed E-state index contributed by atoms with van der Waals surface area (Å²) in [5.74, 6) is -0.544. The zero-order valence-electron chi connectivity index (χ0n) is 8.35. The van der Waals surface area contributed by atoms with Gasteiger partial charge >= 0.3 is 0 Å². The van der Waals surface area contributed by atoms with Crippen LogP contribution in [0.15, 0.2) is 29.7 Å². The summed E-state index contributed by atoms with van der Waals surface area (Å²) < 4.78 is 35.4. The molecule has 1 heterocycles. The van der Waals surface area contributed by atoms with E-state index in [0.717, 1.165) is 5.41 Å². The fourth-order valence-corrected chi connectivity index (χ4v) is 2.76. The van der Waals surface area contributed by atoms with Gasteiger partial charge in [0.1, 0.15) is 5.82 Å². The highest BCUT2D eigenvalue weighted by molar-refractivity contribution is 7.94. The van der Waals surface area contributed by atoms with E-state index in [0.29, 0.717) is 5.69 Å². The van der Waals surface area contributed by atoms with Gasteiger partial charge in [0.25, 0.3) is 0 Å². The summed E-state index contributed by atoms with van der Waals surface area (Å²) in [6.07, 6.45) is 1.53. The van der Waals surface area contributed by atoms with Crippen LogP contribution in [-0.2, 0) is 9.84 Å². The molecular formula is C10H11FN2O2S. The van der Waals surface area contributed by atoms with Gasteiger partial charge in [-0.05, 0) is 12.1 Å². The molecule has 0 bridgehead atoms. The van der Waals surface area contributed by atoms with Gasteiger partial charge in [-0.2, -0.15) is 0 Å². The van der Waals surface area contributed by atoms with Crippen molar-refractivity contribution >= 4 is 21.2 Å². The van der Waals surface area contributed by atoms with Gasteiger partial charge in [0.15, 0.2) is 9.84 Å². The van der Waals surface area contributed by atoms with Gasteiger partial charge in [-0.15, -0.1) is 0 Å². The molecule has 86 valence electrons. The number of sulfone groups is 1. The van der Waals surface area contributed by atoms with Crippen LogP contribution in [0.2, 0.25) is 0 Å². The third kappa shape index (κ3) is 2.16. The van der Waals surface area contributed by atoms with Gasteiger partial charge in [0.2, 0.25) is 0 Å². The average Bonchev–Trinajstić information content (AvgIpc) is 2.53. The van der Waals surface area contributed by atoms with Crippen LogP contribution in [0.3, 0.4) is 0 Å². The molecule has 16 heavy (non-hydrogen) atoms. The summed E-state index contributed by atoms with van der Waals surface area (Å²) in [5, 5.41) is 4.03. The lowest BCUT2D eigenvalue weighted by atomic mass is 10.2. The maximum Gasteiger partial charge on any atom is 0.173 e. The number of nitrogen functional groups attached to an aromatic ring is 1. The number of para-hydroxylation sites is 1. The monoisotopic (exact) mass is 242 g/mol. The molecule has 1 aliphatic rings. The van der Waals surface area contributed by atoms with Gasteiger partial charge in [0, 0.05) is 5.41 Å². The van der Waals surface area contributed by atoms with Crippen LogP contribution in [0.5, 0.6) is 0 Å². The van der Waals surface area contributed by atoms with Crippen LogP contribution >= 0.6 is 0 Å². The molecule has 1 unspecified atom stereocenters. The van der Waals surface area contributed by atoms with Gasteiger partial charge in [-0.3, -0.25) is 0 Å². The van der Waals surface area contributed by atoms with Gasteiger partial charge in [-0.25, -0.2) is 12.8 Å². The van der Waals surface area contributed by atoms with Crippen molar-refractivity contribution in [1.29, 1.82) is 0 Å². The molecule has 0 radical (unpaired) electrons. The Bertz CT molecular complexity index is 540. The molecule has 4 nitrogen and oxygen atoms in total. The lowest BCUT2D eigenvalue weighted by molar-refractivity contribution is 0.605. The molecule has 2 rings (SSSR count). The fraction of sp³-hybridized carbons (Fsp3) is 0.200. The number of nitrogens with two attached hydrogens (primary N) is 1. The number of nitrogens with one attached hydrogen (secondary N) is 1. The molecule has 1 atom stereocenters. The highest BCUT2D eigenvalue weighted by atomic mass is 32.2. The van der Waals surface area contributed by atoms with E-state index >= 15 is 0 Å². The lowest BCUT2D eigenvalue weighted by Gasteiger charge is -2.13. The normalized spacial score (nSPS) is 22.2. The molecule has 3 N–H and O–H groups in total. The Morgan fingerprint density at radius 3 is 2.81 bits per heavy atom. The Balaban J connectivity index is 2.17. The molecule has 0 spiro atoms. The minimum absolute atomic E-state index is 0.000183. The van der Waals surface area contributed by atoms with Crippen LogP contribution in [0.4, 0.5) is 15.8 Å². The van der Waals surface area contributed by atoms with Crippen LogP contribution in [0.1, 0.15) is 0 Å². The summed E-state index contributed by atoms with van der Waals surface area (Å²) >= 11 is 0. The van der Waals surface area contributed by atoms with Crippen LogP contribution in [0.25, 0.3) is 0 Å². The molecule has 1 aliphatic heterocycles. The first-order valence-electron chi connectivity index (χ1n) is 4.69. The fourth-order valence-electron chi connectivity index (χ4n) is 1.53. The SMILES string of the molecule is Nc1c(F)cccc1NC1C=CS(=O)(=O)C1. The topological polar surface area (TPSA) is 72.2 Å². The van der Waals surface area contributed by atoms with Crippen molar-refractivity contribution in [3.63, 3.8) is 0 Å². The minimum atomic E-state index is -3.12. The number of rotatable bonds is 2. The summed E-state index contributed by atoms with van der Waals surface area (Å²) in [4.78, 5) is 0. The summed E-state index contributed by atoms with van der Waals surface area (Å²) in [6, 6.07) is 4.02. The van der Waals surface area contributed by atoms with E-state index in [2.05, 4.69) is 5.32 Å². The Hall–Kier alpha value is -1.56. The van der Waals surface area contributed by atoms with Gasteiger partial charge in [0.05, 0.1) is 23.2 Å². The van der Waals surface area contributed by atoms with E-state index < -0.39 is 15.7 Å². The average molecular weight is 242 g/mol. The lowest BCUT2D eigenvalue weighted by Crippen LogP contribution is -2.21. The van der Waals surface area contributed by atoms with Crippen molar-refractivity contribution in [2.24, 2.45) is 0 Å². The standard InChI is InChI=1S/C10H11FN2O2S/c11-8-2-1-3-9(10(8)12)13-7-4-5-16(14,15)6-7/h1-5,7,13H,6,12H2. The van der Waals surface area contributed by atoms with Crippen molar-refractivity contribution in [3.8, 4) is 0 Å². The van der Waals surface area contributed by atoms with Crippen molar-refractivity contribution in [3.05, 3.63) is 35.5 Å². The minimum Gasteiger partial charge on any atom is -0.395 e. The largest absolute Gasteiger partial charge is 0.395 e. The van der Waals surface area contributed by atoms with E-state index in [1.807, 2.05) is 0 Å². The van der Waals surface area contributed by atoms with Gasteiger partial charge in [-0.1, -0.05) is 12.1 Å². The predicted octanol–water partition coefficient (Wildman–Crippen LogP) is 1.13. The second-order valence-corrected chi connectivity index (χ2v) is 5.54. The Kier molecular flexibility index (Phi) is 2.59. The molecule has 0 aliphatic carbocycles. The summed E-state index contributed by atoms with van der Waals surface area (Å²) in [6.45, 7) is 0. The third-order valence-electron chi connectivity index (χ3n) is 2.32. The molecule has 0 fully saturated rings. The van der Waals surface area contributed by atoms with Crippen molar-refractivity contribution in [2.75, 3.05) is 16.8 Å². The van der Waals surface area contributed by atoms with E-state index in [1.54, 1.807) is 6.07 Å². The van der Waals surface area contributed by atoms with E-state index in [4.69, 9.17) is 5.73 Å². The number of anilines is 2. The van der Waals surface area contributed by atoms with Crippen molar-refractivity contribution in [1.82, 2.24) is 0 Å². The molecule has 1 aromatic rings. The number of halogens is 1. The smallest absolute Gasteiger partial charge is 0.173 e. The van der Waals surface area contributed by atoms with E-state index in [-0.39, 0.29) is 17.5 Å². The maximum atomic E-state index is 13.1. The molecule has 0 saturated carbocycles. The van der Waals surface area contributed by atoms with Crippen molar-refractivity contribution in [2.45, 2.75) is 6.04 Å². The van der Waals surface area contributed by atoms with Crippen LogP contribution in [0, 0.1) is 5.82 Å². The van der Waals surface area contributed by atoms with Crippen LogP contribution in [-0.4, -0.2) is 20.2 Å². The molecule has 6 heteroatoms. The molecule has 1 aromatic carbocycles. The molecular weight excluding hydrogens is 231 g/mol. The Morgan fingerprint density at radius 2 is 2.19 bits per heavy atom. The first-order valence-corrected chi connectivity index (χ1v) is 6.41. The molecule has 0 saturated heterocycles. The highest BCUT2D eigenvalue weighted by Gasteiger charge is 2.22. The Labute approximate surface area is 92.9 Å². The third-order valence-corrected chi connectivity index (χ3v) is 3.72. The summed E-state index contributed by atoms with van der Waals surface area (Å²) in [5.41, 5.74) is 5.93. The first-order chi connectivity index (χ1) is 7.48. The second kappa shape index (κ2) is 3.79. The maximum absolute atomic E-state index is 13.1. The first kappa shape index (κ1) is 10.9. The van der Waals surface area contributed by atoms with Crippen LogP contribution < -0.4 is 11.1 Å². The predicted molar refractivity (Wildman–Crippen MR) is 61.1 cm³/mol. The zero-order valence-corrected chi connectivity index (χ0v) is 9.17. The summed E-state index contributed by atoms with van der Waals surface area (Å²) in [7, 11) is -3.12. The van der Waals surface area contributed by atoms with Gasteiger partial charge < -0.3 is 11.1 Å². The van der Waals surface area contributed by atoms with Crippen molar-refractivity contribution < 1.29 is 12.8 Å². The number of hydrogen-bond acceptors (Lipinski definition) is 4. The zero-order chi connectivity index (χ0) is 11.8.